The molecule has 20 heavy (non-hydrogen) atoms. The fourth-order valence-corrected chi connectivity index (χ4v) is 5.11. The summed E-state index contributed by atoms with van der Waals surface area (Å²) in [5.41, 5.74) is -0.451. The minimum Gasteiger partial charge on any atom is -0.301 e. The Morgan fingerprint density at radius 1 is 1.25 bits per heavy atom. The van der Waals surface area contributed by atoms with E-state index in [0.717, 1.165) is 19.6 Å². The summed E-state index contributed by atoms with van der Waals surface area (Å²) < 4.78 is 27.8. The smallest absolute Gasteiger partial charge is 0.250 e. The van der Waals surface area contributed by atoms with Gasteiger partial charge in [-0.2, -0.15) is 0 Å². The molecule has 4 nitrogen and oxygen atoms in total. The average Bonchev–Trinajstić information content (AvgIpc) is 2.76. The van der Waals surface area contributed by atoms with E-state index in [4.69, 9.17) is 0 Å². The highest BCUT2D eigenvalue weighted by Crippen LogP contribution is 2.19. The first-order chi connectivity index (χ1) is 9.39. The number of nitrogens with one attached hydrogen (secondary N) is 1. The Labute approximate surface area is 126 Å². The van der Waals surface area contributed by atoms with Crippen molar-refractivity contribution in [3.63, 3.8) is 0 Å². The maximum absolute atomic E-state index is 12.3. The van der Waals surface area contributed by atoms with Crippen LogP contribution in [0.3, 0.4) is 0 Å². The predicted octanol–water partition coefficient (Wildman–Crippen LogP) is 2.68. The van der Waals surface area contributed by atoms with Gasteiger partial charge in [-0.3, -0.25) is 0 Å². The van der Waals surface area contributed by atoms with Crippen LogP contribution in [0.2, 0.25) is 0 Å². The number of nitrogens with zero attached hydrogens (tertiary/aromatic N) is 1. The van der Waals surface area contributed by atoms with Gasteiger partial charge in [0, 0.05) is 12.1 Å². The molecule has 0 amide bonds. The van der Waals surface area contributed by atoms with Crippen molar-refractivity contribution >= 4 is 21.4 Å². The molecule has 0 aliphatic carbocycles. The second-order valence-corrected chi connectivity index (χ2v) is 8.97. The van der Waals surface area contributed by atoms with Crippen molar-refractivity contribution in [3.05, 3.63) is 17.5 Å². The molecular weight excluding hydrogens is 292 g/mol. The summed E-state index contributed by atoms with van der Waals surface area (Å²) in [4.78, 5) is 2.38. The van der Waals surface area contributed by atoms with Crippen LogP contribution in [0.1, 0.15) is 39.5 Å². The van der Waals surface area contributed by atoms with Gasteiger partial charge in [-0.05, 0) is 51.2 Å². The fraction of sp³-hybridized carbons (Fsp3) is 0.714. The third-order valence-corrected chi connectivity index (χ3v) is 6.58. The number of sulfonamides is 1. The highest BCUT2D eigenvalue weighted by atomic mass is 32.2. The highest BCUT2D eigenvalue weighted by molar-refractivity contribution is 7.91. The minimum atomic E-state index is -3.39. The van der Waals surface area contributed by atoms with Crippen LogP contribution in [0.4, 0.5) is 0 Å². The molecule has 2 rings (SSSR count). The first-order valence-electron chi connectivity index (χ1n) is 7.19. The molecule has 2 heterocycles. The van der Waals surface area contributed by atoms with E-state index in [0.29, 0.717) is 4.21 Å². The number of hydrogen-bond acceptors (Lipinski definition) is 4. The molecule has 1 N–H and O–H groups in total. The summed E-state index contributed by atoms with van der Waals surface area (Å²) in [5.74, 6) is 0. The molecule has 0 radical (unpaired) electrons. The van der Waals surface area contributed by atoms with Crippen LogP contribution in [0.15, 0.2) is 21.7 Å². The number of likely N-dealkylation sites (tertiary alicyclic amines) is 1. The standard InChI is InChI=1S/C14H24N2O2S2/c1-14(2,12-16-9-5-3-4-6-10-16)15-20(17,18)13-8-7-11-19-13/h7-8,11,15H,3-6,9-10,12H2,1-2H3. The Hall–Kier alpha value is -0.430. The lowest BCUT2D eigenvalue weighted by molar-refractivity contribution is 0.223. The van der Waals surface area contributed by atoms with Gasteiger partial charge in [0.05, 0.1) is 0 Å². The summed E-state index contributed by atoms with van der Waals surface area (Å²) >= 11 is 1.26. The van der Waals surface area contributed by atoms with Crippen molar-refractivity contribution in [2.24, 2.45) is 0 Å². The van der Waals surface area contributed by atoms with Crippen LogP contribution in [0, 0.1) is 0 Å². The van der Waals surface area contributed by atoms with E-state index in [1.54, 1.807) is 17.5 Å². The van der Waals surface area contributed by atoms with Gasteiger partial charge in [-0.25, -0.2) is 13.1 Å². The van der Waals surface area contributed by atoms with Crippen molar-refractivity contribution < 1.29 is 8.42 Å². The summed E-state index contributed by atoms with van der Waals surface area (Å²) in [7, 11) is -3.39. The van der Waals surface area contributed by atoms with Crippen molar-refractivity contribution in [1.82, 2.24) is 9.62 Å². The summed E-state index contributed by atoms with van der Waals surface area (Å²) in [5, 5.41) is 1.79. The zero-order valence-electron chi connectivity index (χ0n) is 12.3. The van der Waals surface area contributed by atoms with Gasteiger partial charge in [0.2, 0.25) is 0 Å². The molecule has 1 saturated heterocycles. The van der Waals surface area contributed by atoms with Gasteiger partial charge in [0.1, 0.15) is 4.21 Å². The Balaban J connectivity index is 1.99. The first kappa shape index (κ1) is 15.9. The molecule has 0 atom stereocenters. The molecular formula is C14H24N2O2S2. The SMILES string of the molecule is CC(C)(CN1CCCCCC1)NS(=O)(=O)c1cccs1. The normalized spacial score (nSPS) is 18.9. The summed E-state index contributed by atoms with van der Waals surface area (Å²) in [6.07, 6.45) is 5.01. The molecule has 0 saturated carbocycles. The third-order valence-electron chi connectivity index (χ3n) is 3.49. The molecule has 6 heteroatoms. The van der Waals surface area contributed by atoms with Gasteiger partial charge in [-0.15, -0.1) is 11.3 Å². The summed E-state index contributed by atoms with van der Waals surface area (Å²) in [6.45, 7) is 6.83. The number of thiophene rings is 1. The second-order valence-electron chi connectivity index (χ2n) is 6.11. The lowest BCUT2D eigenvalue weighted by Gasteiger charge is -2.32. The first-order valence-corrected chi connectivity index (χ1v) is 9.55. The Kier molecular flexibility index (Phi) is 5.23. The number of hydrogen-bond donors (Lipinski definition) is 1. The van der Waals surface area contributed by atoms with Crippen molar-refractivity contribution in [1.29, 1.82) is 0 Å². The van der Waals surface area contributed by atoms with Gasteiger partial charge < -0.3 is 4.90 Å². The minimum absolute atomic E-state index is 0.390. The largest absolute Gasteiger partial charge is 0.301 e. The molecule has 1 aromatic heterocycles. The molecule has 0 aromatic carbocycles. The van der Waals surface area contributed by atoms with Gasteiger partial charge >= 0.3 is 0 Å². The molecule has 1 aliphatic heterocycles. The van der Waals surface area contributed by atoms with Gasteiger partial charge in [0.25, 0.3) is 10.0 Å². The van der Waals surface area contributed by atoms with Crippen LogP contribution in [0.5, 0.6) is 0 Å². The highest BCUT2D eigenvalue weighted by Gasteiger charge is 2.29. The van der Waals surface area contributed by atoms with E-state index in [-0.39, 0.29) is 0 Å². The van der Waals surface area contributed by atoms with Crippen LogP contribution in [0.25, 0.3) is 0 Å². The fourth-order valence-electron chi connectivity index (χ4n) is 2.72. The molecule has 1 fully saturated rings. The quantitative estimate of drug-likeness (QED) is 0.908. The Morgan fingerprint density at radius 3 is 2.45 bits per heavy atom. The van der Waals surface area contributed by atoms with E-state index in [2.05, 4.69) is 9.62 Å². The van der Waals surface area contributed by atoms with Crippen molar-refractivity contribution in [3.8, 4) is 0 Å². The monoisotopic (exact) mass is 316 g/mol. The Bertz CT molecular complexity index is 501. The zero-order valence-corrected chi connectivity index (χ0v) is 13.9. The molecule has 0 unspecified atom stereocenters. The number of rotatable bonds is 5. The van der Waals surface area contributed by atoms with E-state index in [1.165, 1.54) is 37.0 Å². The van der Waals surface area contributed by atoms with Gasteiger partial charge in [-0.1, -0.05) is 18.9 Å². The van der Waals surface area contributed by atoms with E-state index >= 15 is 0 Å². The van der Waals surface area contributed by atoms with Crippen molar-refractivity contribution in [2.75, 3.05) is 19.6 Å². The van der Waals surface area contributed by atoms with Gasteiger partial charge in [0.15, 0.2) is 0 Å². The molecule has 1 aliphatic rings. The van der Waals surface area contributed by atoms with Crippen LogP contribution >= 0.6 is 11.3 Å². The zero-order chi connectivity index (χ0) is 14.6. The Morgan fingerprint density at radius 2 is 1.90 bits per heavy atom. The third kappa shape index (κ3) is 4.55. The lowest BCUT2D eigenvalue weighted by Crippen LogP contribution is -2.51. The van der Waals surface area contributed by atoms with Crippen LogP contribution < -0.4 is 4.72 Å². The summed E-state index contributed by atoms with van der Waals surface area (Å²) in [6, 6.07) is 3.41. The van der Waals surface area contributed by atoms with E-state index < -0.39 is 15.6 Å². The molecule has 0 bridgehead atoms. The van der Waals surface area contributed by atoms with Crippen LogP contribution in [-0.4, -0.2) is 38.5 Å². The topological polar surface area (TPSA) is 49.4 Å². The lowest BCUT2D eigenvalue weighted by atomic mass is 10.1. The van der Waals surface area contributed by atoms with Crippen LogP contribution in [-0.2, 0) is 10.0 Å². The molecule has 1 aromatic rings. The second kappa shape index (κ2) is 6.56. The molecule has 114 valence electrons. The maximum Gasteiger partial charge on any atom is 0.250 e. The maximum atomic E-state index is 12.3. The van der Waals surface area contributed by atoms with Crippen molar-refractivity contribution in [2.45, 2.75) is 49.3 Å². The van der Waals surface area contributed by atoms with E-state index in [1.807, 2.05) is 13.8 Å². The average molecular weight is 316 g/mol. The molecule has 0 spiro atoms. The van der Waals surface area contributed by atoms with E-state index in [9.17, 15) is 8.42 Å². The predicted molar refractivity (Wildman–Crippen MR) is 83.6 cm³/mol.